The summed E-state index contributed by atoms with van der Waals surface area (Å²) >= 11 is 0. The van der Waals surface area contributed by atoms with Gasteiger partial charge in [-0.1, -0.05) is 49.2 Å². The average molecular weight is 526 g/mol. The molecule has 2 aliphatic heterocycles. The van der Waals surface area contributed by atoms with Gasteiger partial charge in [-0.3, -0.25) is 9.69 Å². The van der Waals surface area contributed by atoms with Crippen LogP contribution in [0.4, 0.5) is 11.4 Å². The lowest BCUT2D eigenvalue weighted by Crippen LogP contribution is -2.51. The number of carbonyl (C=O) groups is 1. The molecular formula is C33H39N3O3. The standard InChI is InChI=1S/C33H39N3O3/c1-34(2)27-11-8-12-28(22-27)36(33(37)25-15-16-31-32(21-25)39-23-38-31)26-17-19-35(20-18-26)30-14-7-6-13-29(30)24-9-4-3-5-10-24/h3-5,8-12,15-16,21-22,26,29-30H,6-7,13-14,17-20,23H2,1-2H3/t29-,30-/m1/s1. The van der Waals surface area contributed by atoms with Gasteiger partial charge < -0.3 is 19.3 Å². The van der Waals surface area contributed by atoms with Crippen molar-refractivity contribution >= 4 is 17.3 Å². The Morgan fingerprint density at radius 2 is 1.54 bits per heavy atom. The molecule has 1 aliphatic carbocycles. The minimum Gasteiger partial charge on any atom is -0.454 e. The first kappa shape index (κ1) is 25.8. The quantitative estimate of drug-likeness (QED) is 0.377. The first-order chi connectivity index (χ1) is 19.1. The molecule has 0 bridgehead atoms. The topological polar surface area (TPSA) is 45.3 Å². The number of piperidine rings is 1. The van der Waals surface area contributed by atoms with E-state index in [4.69, 9.17) is 9.47 Å². The van der Waals surface area contributed by atoms with E-state index in [2.05, 4.69) is 58.3 Å². The van der Waals surface area contributed by atoms with Gasteiger partial charge in [0, 0.05) is 56.2 Å². The molecule has 2 atom stereocenters. The van der Waals surface area contributed by atoms with E-state index in [9.17, 15) is 4.79 Å². The number of hydrogen-bond donors (Lipinski definition) is 0. The van der Waals surface area contributed by atoms with Crippen LogP contribution in [0.25, 0.3) is 0 Å². The van der Waals surface area contributed by atoms with Gasteiger partial charge >= 0.3 is 0 Å². The molecule has 0 unspecified atom stereocenters. The van der Waals surface area contributed by atoms with Crippen molar-refractivity contribution in [1.29, 1.82) is 0 Å². The van der Waals surface area contributed by atoms with Gasteiger partial charge in [0.05, 0.1) is 0 Å². The number of carbonyl (C=O) groups excluding carboxylic acids is 1. The van der Waals surface area contributed by atoms with Crippen LogP contribution in [-0.4, -0.2) is 56.9 Å². The Kier molecular flexibility index (Phi) is 7.47. The Labute approximate surface area is 232 Å². The van der Waals surface area contributed by atoms with Crippen LogP contribution in [-0.2, 0) is 0 Å². The molecule has 2 heterocycles. The summed E-state index contributed by atoms with van der Waals surface area (Å²) in [4.78, 5) is 21.0. The molecule has 0 radical (unpaired) electrons. The second kappa shape index (κ2) is 11.3. The number of fused-ring (bicyclic) bond motifs is 1. The largest absolute Gasteiger partial charge is 0.454 e. The van der Waals surface area contributed by atoms with Crippen LogP contribution in [0.1, 0.15) is 60.4 Å². The Morgan fingerprint density at radius 3 is 2.33 bits per heavy atom. The lowest BCUT2D eigenvalue weighted by atomic mass is 9.78. The molecule has 2 fully saturated rings. The van der Waals surface area contributed by atoms with Gasteiger partial charge in [-0.25, -0.2) is 0 Å². The third kappa shape index (κ3) is 5.35. The molecule has 39 heavy (non-hydrogen) atoms. The molecule has 1 saturated heterocycles. The summed E-state index contributed by atoms with van der Waals surface area (Å²) in [5.74, 6) is 1.95. The van der Waals surface area contributed by atoms with Crippen LogP contribution >= 0.6 is 0 Å². The number of anilines is 2. The molecule has 0 aromatic heterocycles. The van der Waals surface area contributed by atoms with Crippen LogP contribution in [0.5, 0.6) is 11.5 Å². The molecule has 1 amide bonds. The maximum Gasteiger partial charge on any atom is 0.258 e. The van der Waals surface area contributed by atoms with E-state index in [0.717, 1.165) is 37.3 Å². The number of ether oxygens (including phenoxy) is 2. The van der Waals surface area contributed by atoms with Gasteiger partial charge in [0.15, 0.2) is 11.5 Å². The summed E-state index contributed by atoms with van der Waals surface area (Å²) in [7, 11) is 4.07. The molecule has 0 N–H and O–H groups in total. The summed E-state index contributed by atoms with van der Waals surface area (Å²) in [6.45, 7) is 2.22. The van der Waals surface area contributed by atoms with Crippen LogP contribution in [0.3, 0.4) is 0 Å². The third-order valence-corrected chi connectivity index (χ3v) is 8.75. The number of nitrogens with zero attached hydrogens (tertiary/aromatic N) is 3. The molecule has 1 saturated carbocycles. The van der Waals surface area contributed by atoms with E-state index >= 15 is 0 Å². The lowest BCUT2D eigenvalue weighted by molar-refractivity contribution is 0.0894. The smallest absolute Gasteiger partial charge is 0.258 e. The van der Waals surface area contributed by atoms with Crippen molar-refractivity contribution in [3.05, 3.63) is 83.9 Å². The molecule has 3 aliphatic rings. The van der Waals surface area contributed by atoms with E-state index < -0.39 is 0 Å². The summed E-state index contributed by atoms with van der Waals surface area (Å²) in [5, 5.41) is 0. The molecule has 3 aromatic rings. The van der Waals surface area contributed by atoms with Crippen molar-refractivity contribution in [1.82, 2.24) is 4.90 Å². The van der Waals surface area contributed by atoms with Crippen LogP contribution in [0, 0.1) is 0 Å². The normalized spacial score (nSPS) is 21.5. The summed E-state index contributed by atoms with van der Waals surface area (Å²) < 4.78 is 11.1. The first-order valence-electron chi connectivity index (χ1n) is 14.4. The van der Waals surface area contributed by atoms with Crippen molar-refractivity contribution in [2.24, 2.45) is 0 Å². The minimum atomic E-state index is 0.0162. The van der Waals surface area contributed by atoms with Gasteiger partial charge in [0.1, 0.15) is 0 Å². The van der Waals surface area contributed by atoms with Crippen LogP contribution in [0.15, 0.2) is 72.8 Å². The number of benzene rings is 3. The Bertz CT molecular complexity index is 1290. The zero-order valence-corrected chi connectivity index (χ0v) is 23.1. The fourth-order valence-corrected chi connectivity index (χ4v) is 6.70. The second-order valence-corrected chi connectivity index (χ2v) is 11.3. The lowest BCUT2D eigenvalue weighted by Gasteiger charge is -2.45. The number of likely N-dealkylation sites (tertiary alicyclic amines) is 1. The number of hydrogen-bond acceptors (Lipinski definition) is 5. The van der Waals surface area contributed by atoms with Gasteiger partial charge in [0.25, 0.3) is 5.91 Å². The SMILES string of the molecule is CN(C)c1cccc(N(C(=O)c2ccc3c(c2)OCO3)C2CCN([C@@H]3CCCC[C@@H]3c3ccccc3)CC2)c1. The highest BCUT2D eigenvalue weighted by molar-refractivity contribution is 6.07. The van der Waals surface area contributed by atoms with Gasteiger partial charge in [-0.2, -0.15) is 0 Å². The summed E-state index contributed by atoms with van der Waals surface area (Å²) in [5.41, 5.74) is 4.14. The number of amides is 1. The third-order valence-electron chi connectivity index (χ3n) is 8.75. The van der Waals surface area contributed by atoms with Crippen molar-refractivity contribution in [2.75, 3.05) is 43.8 Å². The zero-order chi connectivity index (χ0) is 26.8. The van der Waals surface area contributed by atoms with Crippen molar-refractivity contribution < 1.29 is 14.3 Å². The van der Waals surface area contributed by atoms with Crippen LogP contribution in [0.2, 0.25) is 0 Å². The van der Waals surface area contributed by atoms with E-state index in [1.807, 2.05) is 43.3 Å². The van der Waals surface area contributed by atoms with Crippen molar-refractivity contribution in [3.8, 4) is 11.5 Å². The Morgan fingerprint density at radius 1 is 0.795 bits per heavy atom. The molecule has 6 heteroatoms. The molecular weight excluding hydrogens is 486 g/mol. The van der Waals surface area contributed by atoms with Gasteiger partial charge in [-0.05, 0) is 73.6 Å². The predicted molar refractivity (Wildman–Crippen MR) is 156 cm³/mol. The van der Waals surface area contributed by atoms with Gasteiger partial charge in [0.2, 0.25) is 6.79 Å². The fraction of sp³-hybridized carbons (Fsp3) is 0.424. The highest BCUT2D eigenvalue weighted by Crippen LogP contribution is 2.39. The molecule has 3 aromatic carbocycles. The Hall–Kier alpha value is -3.51. The van der Waals surface area contributed by atoms with Crippen molar-refractivity contribution in [2.45, 2.75) is 56.5 Å². The van der Waals surface area contributed by atoms with E-state index in [1.165, 1.54) is 31.2 Å². The summed E-state index contributed by atoms with van der Waals surface area (Å²) in [6, 6.07) is 25.7. The predicted octanol–water partition coefficient (Wildman–Crippen LogP) is 6.32. The highest BCUT2D eigenvalue weighted by atomic mass is 16.7. The molecule has 6 rings (SSSR count). The highest BCUT2D eigenvalue weighted by Gasteiger charge is 2.36. The van der Waals surface area contributed by atoms with E-state index in [-0.39, 0.29) is 18.7 Å². The maximum absolute atomic E-state index is 14.1. The number of rotatable bonds is 6. The van der Waals surface area contributed by atoms with Crippen LogP contribution < -0.4 is 19.3 Å². The minimum absolute atomic E-state index is 0.0162. The molecule has 0 spiro atoms. The average Bonchev–Trinajstić information content (AvgIpc) is 3.46. The Balaban J connectivity index is 1.25. The summed E-state index contributed by atoms with van der Waals surface area (Å²) in [6.07, 6.45) is 7.06. The molecule has 6 nitrogen and oxygen atoms in total. The van der Waals surface area contributed by atoms with E-state index in [1.54, 1.807) is 0 Å². The first-order valence-corrected chi connectivity index (χ1v) is 14.4. The monoisotopic (exact) mass is 525 g/mol. The van der Waals surface area contributed by atoms with Crippen molar-refractivity contribution in [3.63, 3.8) is 0 Å². The fourth-order valence-electron chi connectivity index (χ4n) is 6.70. The second-order valence-electron chi connectivity index (χ2n) is 11.3. The molecule has 204 valence electrons. The maximum atomic E-state index is 14.1. The van der Waals surface area contributed by atoms with E-state index in [0.29, 0.717) is 29.0 Å². The van der Waals surface area contributed by atoms with Gasteiger partial charge in [-0.15, -0.1) is 0 Å². The zero-order valence-electron chi connectivity index (χ0n) is 23.1.